The predicted octanol–water partition coefficient (Wildman–Crippen LogP) is 6.88. The number of aromatic nitrogens is 6. The SMILES string of the molecule is COC(=O)NC(C(=O)N1CCCC1c1nc2ncc(-c3ccc(-c4cc5ncc(C6CCCN6C(O)C(NC(=O)OC)c6ccccc6)nc5[nH]4)cc3)cc2[nH]1)c1ccccc1. The molecule has 0 aliphatic carbocycles. The van der Waals surface area contributed by atoms with Gasteiger partial charge in [0.2, 0.25) is 0 Å². The number of likely N-dealkylation sites (tertiary alicyclic amines) is 2. The molecule has 2 fully saturated rings. The number of benzene rings is 3. The molecule has 0 spiro atoms. The van der Waals surface area contributed by atoms with Gasteiger partial charge in [0.1, 0.15) is 23.6 Å². The van der Waals surface area contributed by atoms with Crippen LogP contribution in [0.25, 0.3) is 44.7 Å². The monoisotopic (exact) mass is 834 g/mol. The average molecular weight is 835 g/mol. The van der Waals surface area contributed by atoms with Crippen LogP contribution in [0.2, 0.25) is 0 Å². The molecule has 2 aliphatic heterocycles. The van der Waals surface area contributed by atoms with Crippen LogP contribution in [0.15, 0.2) is 109 Å². The fourth-order valence-corrected chi connectivity index (χ4v) is 8.68. The van der Waals surface area contributed by atoms with Crippen LogP contribution in [0.1, 0.15) is 72.5 Å². The van der Waals surface area contributed by atoms with E-state index in [0.717, 1.165) is 63.9 Å². The van der Waals surface area contributed by atoms with Gasteiger partial charge in [-0.2, -0.15) is 0 Å². The number of ether oxygens (including phenoxy) is 2. The van der Waals surface area contributed by atoms with E-state index in [1.165, 1.54) is 14.2 Å². The molecule has 9 rings (SSSR count). The van der Waals surface area contributed by atoms with Gasteiger partial charge in [0.25, 0.3) is 5.91 Å². The molecule has 0 radical (unpaired) electrons. The lowest BCUT2D eigenvalue weighted by Crippen LogP contribution is -2.46. The number of alkyl carbamates (subject to hydrolysis) is 2. The average Bonchev–Trinajstić information content (AvgIpc) is 4.16. The number of nitrogens with one attached hydrogen (secondary N) is 4. The van der Waals surface area contributed by atoms with Crippen molar-refractivity contribution in [2.75, 3.05) is 27.3 Å². The van der Waals surface area contributed by atoms with E-state index < -0.39 is 30.5 Å². The topological polar surface area (TPSA) is 204 Å². The minimum Gasteiger partial charge on any atom is -0.453 e. The van der Waals surface area contributed by atoms with Crippen molar-refractivity contribution in [2.45, 2.75) is 56.1 Å². The van der Waals surface area contributed by atoms with Crippen LogP contribution in [-0.4, -0.2) is 96.4 Å². The molecule has 16 heteroatoms. The molecule has 2 aliphatic rings. The second-order valence-corrected chi connectivity index (χ2v) is 15.5. The predicted molar refractivity (Wildman–Crippen MR) is 230 cm³/mol. The molecular weight excluding hydrogens is 789 g/mol. The lowest BCUT2D eigenvalue weighted by molar-refractivity contribution is -0.134. The van der Waals surface area contributed by atoms with E-state index in [1.54, 1.807) is 17.3 Å². The third kappa shape index (κ3) is 8.04. The first kappa shape index (κ1) is 40.2. The summed E-state index contributed by atoms with van der Waals surface area (Å²) in [5, 5.41) is 17.2. The van der Waals surface area contributed by atoms with Crippen LogP contribution in [-0.2, 0) is 14.3 Å². The molecular formula is C46H46N10O6. The number of aromatic amines is 2. The van der Waals surface area contributed by atoms with Gasteiger partial charge < -0.3 is 40.1 Å². The maximum absolute atomic E-state index is 14.0. The van der Waals surface area contributed by atoms with Gasteiger partial charge in [0.15, 0.2) is 11.3 Å². The summed E-state index contributed by atoms with van der Waals surface area (Å²) in [7, 11) is 2.58. The molecule has 4 aromatic heterocycles. The number of imidazole rings is 1. The number of carbonyl (C=O) groups excluding carboxylic acids is 3. The number of aliphatic hydroxyl groups excluding tert-OH is 1. The van der Waals surface area contributed by atoms with Gasteiger partial charge in [-0.3, -0.25) is 14.7 Å². The summed E-state index contributed by atoms with van der Waals surface area (Å²) < 4.78 is 9.71. The summed E-state index contributed by atoms with van der Waals surface area (Å²) in [5.74, 6) is 0.406. The number of pyridine rings is 1. The summed E-state index contributed by atoms with van der Waals surface area (Å²) in [6, 6.07) is 28.5. The van der Waals surface area contributed by atoms with Crippen LogP contribution >= 0.6 is 0 Å². The van der Waals surface area contributed by atoms with Gasteiger partial charge in [-0.05, 0) is 60.1 Å². The molecule has 16 nitrogen and oxygen atoms in total. The third-order valence-electron chi connectivity index (χ3n) is 11.8. The van der Waals surface area contributed by atoms with E-state index in [9.17, 15) is 19.5 Å². The molecule has 3 aromatic carbocycles. The summed E-state index contributed by atoms with van der Waals surface area (Å²) in [5.41, 5.74) is 8.47. The highest BCUT2D eigenvalue weighted by atomic mass is 16.5. The Morgan fingerprint density at radius 1 is 0.742 bits per heavy atom. The third-order valence-corrected chi connectivity index (χ3v) is 11.8. The van der Waals surface area contributed by atoms with Crippen molar-refractivity contribution in [3.8, 4) is 22.4 Å². The van der Waals surface area contributed by atoms with E-state index in [4.69, 9.17) is 24.4 Å². The van der Waals surface area contributed by atoms with Gasteiger partial charge in [-0.1, -0.05) is 84.9 Å². The van der Waals surface area contributed by atoms with Crippen molar-refractivity contribution in [1.82, 2.24) is 50.3 Å². The van der Waals surface area contributed by atoms with Crippen molar-refractivity contribution >= 4 is 40.4 Å². The second-order valence-electron chi connectivity index (χ2n) is 15.5. The molecule has 316 valence electrons. The number of methoxy groups -OCH3 is 2. The Labute approximate surface area is 356 Å². The molecule has 3 amide bonds. The van der Waals surface area contributed by atoms with Gasteiger partial charge in [0.05, 0.1) is 49.8 Å². The minimum atomic E-state index is -1.03. The molecule has 2 saturated heterocycles. The fraction of sp³-hybridized carbons (Fsp3) is 0.283. The number of fused-ring (bicyclic) bond motifs is 2. The highest BCUT2D eigenvalue weighted by Gasteiger charge is 2.39. The van der Waals surface area contributed by atoms with Crippen LogP contribution in [0, 0.1) is 0 Å². The maximum atomic E-state index is 14.0. The fourth-order valence-electron chi connectivity index (χ4n) is 8.68. The van der Waals surface area contributed by atoms with Crippen molar-refractivity contribution in [3.63, 3.8) is 0 Å². The van der Waals surface area contributed by atoms with Crippen LogP contribution in [0.4, 0.5) is 9.59 Å². The van der Waals surface area contributed by atoms with Gasteiger partial charge in [-0.15, -0.1) is 0 Å². The van der Waals surface area contributed by atoms with Crippen molar-refractivity contribution in [1.29, 1.82) is 0 Å². The first-order valence-corrected chi connectivity index (χ1v) is 20.6. The van der Waals surface area contributed by atoms with Crippen LogP contribution in [0.5, 0.6) is 0 Å². The van der Waals surface area contributed by atoms with E-state index in [1.807, 2.05) is 102 Å². The highest BCUT2D eigenvalue weighted by molar-refractivity contribution is 5.88. The largest absolute Gasteiger partial charge is 0.453 e. The first-order chi connectivity index (χ1) is 30.3. The Bertz CT molecular complexity index is 2710. The van der Waals surface area contributed by atoms with Crippen molar-refractivity contribution in [2.24, 2.45) is 0 Å². The molecule has 6 heterocycles. The van der Waals surface area contributed by atoms with Crippen molar-refractivity contribution in [3.05, 3.63) is 132 Å². The Morgan fingerprint density at radius 2 is 1.42 bits per heavy atom. The number of H-pyrrole nitrogens is 2. The zero-order valence-corrected chi connectivity index (χ0v) is 34.2. The summed E-state index contributed by atoms with van der Waals surface area (Å²) in [4.78, 5) is 68.4. The summed E-state index contributed by atoms with van der Waals surface area (Å²) >= 11 is 0. The molecule has 5 atom stereocenters. The summed E-state index contributed by atoms with van der Waals surface area (Å²) in [6.07, 6.45) is 4.34. The van der Waals surface area contributed by atoms with E-state index in [0.29, 0.717) is 42.2 Å². The Morgan fingerprint density at radius 3 is 2.16 bits per heavy atom. The van der Waals surface area contributed by atoms with Gasteiger partial charge >= 0.3 is 12.2 Å². The number of hydrogen-bond acceptors (Lipinski definition) is 11. The lowest BCUT2D eigenvalue weighted by Gasteiger charge is -2.34. The molecule has 7 aromatic rings. The Hall–Kier alpha value is -7.17. The minimum absolute atomic E-state index is 0.211. The molecule has 5 N–H and O–H groups in total. The van der Waals surface area contributed by atoms with E-state index in [-0.39, 0.29) is 18.0 Å². The van der Waals surface area contributed by atoms with E-state index in [2.05, 4.69) is 25.6 Å². The van der Waals surface area contributed by atoms with Crippen LogP contribution < -0.4 is 10.6 Å². The smallest absolute Gasteiger partial charge is 0.407 e. The number of hydrogen-bond donors (Lipinski definition) is 5. The Kier molecular flexibility index (Phi) is 11.3. The number of amides is 3. The molecule has 62 heavy (non-hydrogen) atoms. The first-order valence-electron chi connectivity index (χ1n) is 20.6. The zero-order valence-electron chi connectivity index (χ0n) is 34.2. The molecule has 0 bridgehead atoms. The number of aliphatic hydroxyl groups is 1. The number of carbonyl (C=O) groups is 3. The van der Waals surface area contributed by atoms with Crippen LogP contribution in [0.3, 0.4) is 0 Å². The standard InChI is InChI=1S/C46H46N10O6/c1-61-45(59)52-38(29-11-5-3-6-12-29)43(57)55-21-9-15-36(55)35-26-47-33-24-32(49-41(33)51-35)28-19-17-27(18-20-28)31-23-34-40(48-25-31)54-42(50-34)37-16-10-22-56(37)44(58)39(53-46(60)62-2)30-13-7-4-8-14-30/h3-8,11-14,17-20,23-26,36-39,43,57H,9-10,15-16,21-22H2,1-2H3,(H,49,51)(H,52,59)(H,53,60)(H,48,50,54). The normalized spacial score (nSPS) is 18.1. The number of rotatable bonds is 11. The lowest BCUT2D eigenvalue weighted by atomic mass is 10.0. The molecule has 5 unspecified atom stereocenters. The van der Waals surface area contributed by atoms with Gasteiger partial charge in [-0.25, -0.2) is 24.5 Å². The summed E-state index contributed by atoms with van der Waals surface area (Å²) in [6.45, 7) is 1.15. The number of nitrogens with zero attached hydrogens (tertiary/aromatic N) is 6. The van der Waals surface area contributed by atoms with Gasteiger partial charge in [0, 0.05) is 30.5 Å². The zero-order chi connectivity index (χ0) is 42.7. The second kappa shape index (κ2) is 17.4. The van der Waals surface area contributed by atoms with Crippen molar-refractivity contribution < 1.29 is 29.0 Å². The molecule has 0 saturated carbocycles. The Balaban J connectivity index is 0.909. The maximum Gasteiger partial charge on any atom is 0.407 e. The highest BCUT2D eigenvalue weighted by Crippen LogP contribution is 2.37. The van der Waals surface area contributed by atoms with E-state index >= 15 is 0 Å². The quantitative estimate of drug-likeness (QED) is 0.0909.